The molecule has 0 spiro atoms. The van der Waals surface area contributed by atoms with Crippen LogP contribution in [0.3, 0.4) is 0 Å². The van der Waals surface area contributed by atoms with E-state index in [0.29, 0.717) is 56.8 Å². The van der Waals surface area contributed by atoms with Crippen molar-refractivity contribution in [2.75, 3.05) is 26.9 Å². The van der Waals surface area contributed by atoms with Gasteiger partial charge in [-0.15, -0.1) is 0 Å². The summed E-state index contributed by atoms with van der Waals surface area (Å²) in [5, 5.41) is 3.11. The first kappa shape index (κ1) is 22.0. The maximum atomic E-state index is 13.9. The summed E-state index contributed by atoms with van der Waals surface area (Å²) in [6, 6.07) is 12.4. The van der Waals surface area contributed by atoms with Gasteiger partial charge in [0.15, 0.2) is 0 Å². The molecule has 4 rings (SSSR count). The summed E-state index contributed by atoms with van der Waals surface area (Å²) in [5.41, 5.74) is 3.04. The highest BCUT2D eigenvalue weighted by atomic mass is 19.1. The van der Waals surface area contributed by atoms with Crippen LogP contribution >= 0.6 is 0 Å². The maximum absolute atomic E-state index is 13.9. The number of halogens is 1. The van der Waals surface area contributed by atoms with E-state index < -0.39 is 5.41 Å². The summed E-state index contributed by atoms with van der Waals surface area (Å²) < 4.78 is 24.9. The van der Waals surface area contributed by atoms with Gasteiger partial charge in [-0.2, -0.15) is 0 Å². The van der Waals surface area contributed by atoms with Crippen LogP contribution in [0.4, 0.5) is 4.39 Å². The van der Waals surface area contributed by atoms with Crippen LogP contribution < -0.4 is 10.1 Å². The molecule has 7 heteroatoms. The summed E-state index contributed by atoms with van der Waals surface area (Å²) >= 11 is 0. The highest BCUT2D eigenvalue weighted by Gasteiger charge is 2.40. The molecule has 168 valence electrons. The Morgan fingerprint density at radius 2 is 2.09 bits per heavy atom. The number of hydrogen-bond donors (Lipinski definition) is 2. The normalized spacial score (nSPS) is 15.3. The molecular weight excluding hydrogens is 409 g/mol. The quantitative estimate of drug-likeness (QED) is 0.560. The summed E-state index contributed by atoms with van der Waals surface area (Å²) in [7, 11) is 1.57. The molecule has 1 saturated heterocycles. The number of hydrogen-bond acceptors (Lipinski definition) is 4. The van der Waals surface area contributed by atoms with Crippen molar-refractivity contribution in [1.29, 1.82) is 0 Å². The Balaban J connectivity index is 1.53. The number of nitrogens with zero attached hydrogens (tertiary/aromatic N) is 1. The van der Waals surface area contributed by atoms with E-state index in [1.165, 1.54) is 12.1 Å². The number of methoxy groups -OCH3 is 1. The molecule has 0 unspecified atom stereocenters. The van der Waals surface area contributed by atoms with Gasteiger partial charge in [-0.1, -0.05) is 24.3 Å². The van der Waals surface area contributed by atoms with E-state index in [4.69, 9.17) is 9.47 Å². The fourth-order valence-electron chi connectivity index (χ4n) is 4.31. The van der Waals surface area contributed by atoms with Gasteiger partial charge >= 0.3 is 0 Å². The molecule has 32 heavy (non-hydrogen) atoms. The number of carbonyl (C=O) groups excluding carboxylic acids is 1. The van der Waals surface area contributed by atoms with Gasteiger partial charge in [0.2, 0.25) is 5.91 Å². The monoisotopic (exact) mass is 437 g/mol. The van der Waals surface area contributed by atoms with Crippen molar-refractivity contribution in [2.45, 2.75) is 25.7 Å². The molecule has 6 nitrogen and oxygen atoms in total. The number of aromatic nitrogens is 2. The first-order chi connectivity index (χ1) is 15.6. The van der Waals surface area contributed by atoms with E-state index in [1.54, 1.807) is 25.7 Å². The van der Waals surface area contributed by atoms with E-state index >= 15 is 0 Å². The van der Waals surface area contributed by atoms with Crippen molar-refractivity contribution >= 4 is 5.91 Å². The lowest BCUT2D eigenvalue weighted by molar-refractivity contribution is -0.136. The molecule has 1 amide bonds. The molecule has 1 aliphatic heterocycles. The minimum Gasteiger partial charge on any atom is -0.496 e. The second-order valence-electron chi connectivity index (χ2n) is 8.20. The van der Waals surface area contributed by atoms with Gasteiger partial charge in [0, 0.05) is 43.6 Å². The lowest BCUT2D eigenvalue weighted by atomic mass is 9.74. The first-order valence-corrected chi connectivity index (χ1v) is 10.9. The standard InChI is InChI=1S/C25H28FN3O3/c1-31-23-6-5-20(26)14-22(23)19-4-2-3-18(13-19)15-25(8-11-32-12-9-25)24(30)28-10-7-21-16-27-17-29-21/h2-6,13-14,16-17H,7-12,15H2,1H3,(H,27,29)(H,28,30). The molecule has 0 saturated carbocycles. The minimum absolute atomic E-state index is 0.0501. The molecule has 0 bridgehead atoms. The third-order valence-corrected chi connectivity index (χ3v) is 6.11. The smallest absolute Gasteiger partial charge is 0.226 e. The Morgan fingerprint density at radius 3 is 2.84 bits per heavy atom. The van der Waals surface area contributed by atoms with Gasteiger partial charge in [-0.3, -0.25) is 4.79 Å². The molecule has 2 N–H and O–H groups in total. The highest BCUT2D eigenvalue weighted by Crippen LogP contribution is 2.37. The number of H-pyrrole nitrogens is 1. The molecular formula is C25H28FN3O3. The first-order valence-electron chi connectivity index (χ1n) is 10.9. The van der Waals surface area contributed by atoms with Gasteiger partial charge in [-0.25, -0.2) is 9.37 Å². The third kappa shape index (κ3) is 4.99. The number of rotatable bonds is 8. The molecule has 0 radical (unpaired) electrons. The van der Waals surface area contributed by atoms with E-state index in [9.17, 15) is 9.18 Å². The van der Waals surface area contributed by atoms with Crippen LogP contribution in [0, 0.1) is 11.2 Å². The summed E-state index contributed by atoms with van der Waals surface area (Å²) in [5.74, 6) is 0.346. The lowest BCUT2D eigenvalue weighted by Gasteiger charge is -2.36. The Hall–Kier alpha value is -3.19. The van der Waals surface area contributed by atoms with Gasteiger partial charge in [-0.05, 0) is 48.6 Å². The largest absolute Gasteiger partial charge is 0.496 e. The van der Waals surface area contributed by atoms with Crippen molar-refractivity contribution in [3.63, 3.8) is 0 Å². The molecule has 2 aromatic carbocycles. The van der Waals surface area contributed by atoms with Gasteiger partial charge in [0.05, 0.1) is 18.9 Å². The minimum atomic E-state index is -0.531. The highest BCUT2D eigenvalue weighted by molar-refractivity contribution is 5.83. The zero-order valence-electron chi connectivity index (χ0n) is 18.2. The van der Waals surface area contributed by atoms with E-state index in [0.717, 1.165) is 16.8 Å². The van der Waals surface area contributed by atoms with Crippen LogP contribution in [0.1, 0.15) is 24.1 Å². The molecule has 1 aliphatic rings. The van der Waals surface area contributed by atoms with Crippen LogP contribution in [0.25, 0.3) is 11.1 Å². The van der Waals surface area contributed by atoms with E-state index in [2.05, 4.69) is 15.3 Å². The summed E-state index contributed by atoms with van der Waals surface area (Å²) in [4.78, 5) is 20.4. The Morgan fingerprint density at radius 1 is 1.25 bits per heavy atom. The van der Waals surface area contributed by atoms with Crippen molar-refractivity contribution < 1.29 is 18.7 Å². The molecule has 3 aromatic rings. The number of imidazole rings is 1. The number of carbonyl (C=O) groups is 1. The predicted octanol–water partition coefficient (Wildman–Crippen LogP) is 3.92. The Bertz CT molecular complexity index is 1050. The van der Waals surface area contributed by atoms with Crippen LogP contribution in [-0.2, 0) is 22.4 Å². The molecule has 0 aliphatic carbocycles. The fourth-order valence-corrected chi connectivity index (χ4v) is 4.31. The second-order valence-corrected chi connectivity index (χ2v) is 8.20. The van der Waals surface area contributed by atoms with E-state index in [-0.39, 0.29) is 11.7 Å². The topological polar surface area (TPSA) is 76.2 Å². The van der Waals surface area contributed by atoms with E-state index in [1.807, 2.05) is 24.3 Å². The number of aromatic amines is 1. The molecule has 2 heterocycles. The van der Waals surface area contributed by atoms with Crippen LogP contribution in [0.5, 0.6) is 5.75 Å². The zero-order valence-corrected chi connectivity index (χ0v) is 18.2. The fraction of sp³-hybridized carbons (Fsp3) is 0.360. The Kier molecular flexibility index (Phi) is 6.85. The van der Waals surface area contributed by atoms with Crippen molar-refractivity contribution in [3.8, 4) is 16.9 Å². The molecule has 1 aromatic heterocycles. The van der Waals surface area contributed by atoms with Gasteiger partial charge in [0.1, 0.15) is 11.6 Å². The predicted molar refractivity (Wildman–Crippen MR) is 120 cm³/mol. The van der Waals surface area contributed by atoms with Crippen LogP contribution in [0.2, 0.25) is 0 Å². The molecule has 0 atom stereocenters. The van der Waals surface area contributed by atoms with Crippen LogP contribution in [-0.4, -0.2) is 42.7 Å². The summed E-state index contributed by atoms with van der Waals surface area (Å²) in [6.45, 7) is 1.67. The van der Waals surface area contributed by atoms with Crippen molar-refractivity contribution in [2.24, 2.45) is 5.41 Å². The van der Waals surface area contributed by atoms with Gasteiger partial charge < -0.3 is 19.8 Å². The average molecular weight is 438 g/mol. The second kappa shape index (κ2) is 9.96. The third-order valence-electron chi connectivity index (χ3n) is 6.11. The van der Waals surface area contributed by atoms with Crippen LogP contribution in [0.15, 0.2) is 55.0 Å². The number of benzene rings is 2. The summed E-state index contributed by atoms with van der Waals surface area (Å²) in [6.07, 6.45) is 6.03. The van der Waals surface area contributed by atoms with Gasteiger partial charge in [0.25, 0.3) is 0 Å². The zero-order chi connectivity index (χ0) is 22.4. The lowest BCUT2D eigenvalue weighted by Crippen LogP contribution is -2.46. The van der Waals surface area contributed by atoms with Crippen molar-refractivity contribution in [3.05, 3.63) is 72.1 Å². The Labute approximate surface area is 187 Å². The number of amides is 1. The average Bonchev–Trinajstić information content (AvgIpc) is 3.33. The number of ether oxygens (including phenoxy) is 2. The maximum Gasteiger partial charge on any atom is 0.226 e. The number of nitrogens with one attached hydrogen (secondary N) is 2. The molecule has 1 fully saturated rings. The SMILES string of the molecule is COc1ccc(F)cc1-c1cccc(CC2(C(=O)NCCc3cnc[nH]3)CCOCC2)c1. The van der Waals surface area contributed by atoms with Crippen molar-refractivity contribution in [1.82, 2.24) is 15.3 Å².